The largest absolute Gasteiger partial charge is 0.493 e. The van der Waals surface area contributed by atoms with Gasteiger partial charge < -0.3 is 9.47 Å². The molecule has 8 heteroatoms. The zero-order valence-corrected chi connectivity index (χ0v) is 14.5. The predicted octanol–water partition coefficient (Wildman–Crippen LogP) is 2.68. The molecular formula is C16H19ClN4O3. The van der Waals surface area contributed by atoms with E-state index in [0.717, 1.165) is 16.7 Å². The van der Waals surface area contributed by atoms with Crippen LogP contribution in [0.5, 0.6) is 11.5 Å². The predicted molar refractivity (Wildman–Crippen MR) is 94.5 cm³/mol. The average Bonchev–Trinajstić information content (AvgIpc) is 2.60. The highest BCUT2D eigenvalue weighted by Crippen LogP contribution is 2.27. The number of ether oxygens (including phenoxy) is 2. The number of nitrogens with one attached hydrogen (secondary N) is 1. The molecular weight excluding hydrogens is 332 g/mol. The summed E-state index contributed by atoms with van der Waals surface area (Å²) in [6.45, 7) is 2.63. The standard InChI is InChI=1S/C16H19ClN4O3/c1-4-7-24-14-8-11(5-6-13(14)23-3)9-18-20-12-10-19-21(2)16(22)15(12)17/h5-6,8-10,20H,4,7H2,1-3H3/b18-9-. The van der Waals surface area contributed by atoms with Gasteiger partial charge in [-0.1, -0.05) is 18.5 Å². The van der Waals surface area contributed by atoms with Crippen LogP contribution in [0, 0.1) is 0 Å². The smallest absolute Gasteiger partial charge is 0.287 e. The van der Waals surface area contributed by atoms with Crippen molar-refractivity contribution in [2.75, 3.05) is 19.1 Å². The van der Waals surface area contributed by atoms with E-state index in [4.69, 9.17) is 21.1 Å². The lowest BCUT2D eigenvalue weighted by atomic mass is 10.2. The Morgan fingerprint density at radius 1 is 1.42 bits per heavy atom. The summed E-state index contributed by atoms with van der Waals surface area (Å²) in [6, 6.07) is 5.47. The number of hydrogen-bond donors (Lipinski definition) is 1. The Balaban J connectivity index is 2.14. The molecule has 2 aromatic rings. The normalized spacial score (nSPS) is 10.8. The summed E-state index contributed by atoms with van der Waals surface area (Å²) in [6.07, 6.45) is 3.93. The number of nitrogens with zero attached hydrogens (tertiary/aromatic N) is 3. The van der Waals surface area contributed by atoms with Crippen LogP contribution in [0.15, 0.2) is 34.3 Å². The minimum atomic E-state index is -0.392. The van der Waals surface area contributed by atoms with E-state index in [1.807, 2.05) is 19.1 Å². The summed E-state index contributed by atoms with van der Waals surface area (Å²) in [4.78, 5) is 11.7. The van der Waals surface area contributed by atoms with Crippen LogP contribution >= 0.6 is 11.6 Å². The summed E-state index contributed by atoms with van der Waals surface area (Å²) in [5.41, 5.74) is 3.47. The maximum atomic E-state index is 11.7. The molecule has 128 valence electrons. The van der Waals surface area contributed by atoms with Gasteiger partial charge in [0.05, 0.1) is 26.1 Å². The topological polar surface area (TPSA) is 77.7 Å². The first-order valence-corrected chi connectivity index (χ1v) is 7.76. The number of methoxy groups -OCH3 is 1. The van der Waals surface area contributed by atoms with Gasteiger partial charge in [-0.2, -0.15) is 10.2 Å². The zero-order valence-electron chi connectivity index (χ0n) is 13.7. The van der Waals surface area contributed by atoms with Crippen LogP contribution in [0.1, 0.15) is 18.9 Å². The second-order valence-corrected chi connectivity index (χ2v) is 5.31. The minimum Gasteiger partial charge on any atom is -0.493 e. The first-order valence-electron chi connectivity index (χ1n) is 7.38. The molecule has 0 fully saturated rings. The zero-order chi connectivity index (χ0) is 17.5. The van der Waals surface area contributed by atoms with Crippen LogP contribution in [0.2, 0.25) is 5.02 Å². The molecule has 1 heterocycles. The highest BCUT2D eigenvalue weighted by atomic mass is 35.5. The molecule has 0 spiro atoms. The van der Waals surface area contributed by atoms with Crippen LogP contribution < -0.4 is 20.5 Å². The first-order chi connectivity index (χ1) is 11.6. The third kappa shape index (κ3) is 4.26. The van der Waals surface area contributed by atoms with Gasteiger partial charge in [-0.15, -0.1) is 0 Å². The molecule has 0 radical (unpaired) electrons. The SMILES string of the molecule is CCCOc1cc(/C=N\Nc2cnn(C)c(=O)c2Cl)ccc1OC. The molecule has 0 amide bonds. The Kier molecular flexibility index (Phi) is 6.20. The van der Waals surface area contributed by atoms with E-state index in [9.17, 15) is 4.79 Å². The van der Waals surface area contributed by atoms with E-state index in [1.54, 1.807) is 19.4 Å². The number of aromatic nitrogens is 2. The van der Waals surface area contributed by atoms with Crippen molar-refractivity contribution in [2.24, 2.45) is 12.1 Å². The van der Waals surface area contributed by atoms with Gasteiger partial charge in [-0.3, -0.25) is 10.2 Å². The van der Waals surface area contributed by atoms with Crippen molar-refractivity contribution in [3.8, 4) is 11.5 Å². The fourth-order valence-electron chi connectivity index (χ4n) is 1.86. The van der Waals surface area contributed by atoms with Gasteiger partial charge in [0.15, 0.2) is 11.5 Å². The summed E-state index contributed by atoms with van der Waals surface area (Å²) in [5.74, 6) is 1.31. The number of aryl methyl sites for hydroxylation is 1. The van der Waals surface area contributed by atoms with Crippen molar-refractivity contribution in [2.45, 2.75) is 13.3 Å². The van der Waals surface area contributed by atoms with Gasteiger partial charge in [-0.05, 0) is 30.2 Å². The Morgan fingerprint density at radius 3 is 2.92 bits per heavy atom. The molecule has 0 aliphatic rings. The Hall–Kier alpha value is -2.54. The van der Waals surface area contributed by atoms with Crippen molar-refractivity contribution >= 4 is 23.5 Å². The van der Waals surface area contributed by atoms with Gasteiger partial charge in [0.1, 0.15) is 10.7 Å². The first kappa shape index (κ1) is 17.8. The maximum Gasteiger partial charge on any atom is 0.287 e. The van der Waals surface area contributed by atoms with Gasteiger partial charge in [-0.25, -0.2) is 4.68 Å². The number of rotatable bonds is 7. The van der Waals surface area contributed by atoms with Crippen LogP contribution in [0.25, 0.3) is 0 Å². The third-order valence-electron chi connectivity index (χ3n) is 3.13. The monoisotopic (exact) mass is 350 g/mol. The summed E-state index contributed by atoms with van der Waals surface area (Å²) >= 11 is 5.96. The summed E-state index contributed by atoms with van der Waals surface area (Å²) in [5, 5.41) is 7.99. The van der Waals surface area contributed by atoms with Crippen LogP contribution in [0.4, 0.5) is 5.69 Å². The highest BCUT2D eigenvalue weighted by Gasteiger charge is 2.07. The maximum absolute atomic E-state index is 11.7. The van der Waals surface area contributed by atoms with Gasteiger partial charge >= 0.3 is 0 Å². The molecule has 0 bridgehead atoms. The fourth-order valence-corrected chi connectivity index (χ4v) is 2.08. The van der Waals surface area contributed by atoms with Crippen LogP contribution in [-0.2, 0) is 7.05 Å². The van der Waals surface area contributed by atoms with E-state index >= 15 is 0 Å². The molecule has 0 aliphatic carbocycles. The van der Waals surface area contributed by atoms with Gasteiger partial charge in [0.25, 0.3) is 5.56 Å². The average molecular weight is 351 g/mol. The van der Waals surface area contributed by atoms with Crippen LogP contribution in [-0.4, -0.2) is 29.7 Å². The molecule has 2 rings (SSSR count). The van der Waals surface area contributed by atoms with Crippen LogP contribution in [0.3, 0.4) is 0 Å². The van der Waals surface area contributed by atoms with Crippen molar-refractivity contribution in [3.63, 3.8) is 0 Å². The Labute approximate surface area is 144 Å². The molecule has 0 saturated carbocycles. The second kappa shape index (κ2) is 8.35. The number of benzene rings is 1. The number of hydrazone groups is 1. The summed E-state index contributed by atoms with van der Waals surface area (Å²) < 4.78 is 12.1. The van der Waals surface area contributed by atoms with E-state index in [0.29, 0.717) is 23.8 Å². The van der Waals surface area contributed by atoms with E-state index in [-0.39, 0.29) is 5.02 Å². The summed E-state index contributed by atoms with van der Waals surface area (Å²) in [7, 11) is 3.12. The van der Waals surface area contributed by atoms with Crippen molar-refractivity contribution in [1.29, 1.82) is 0 Å². The molecule has 0 saturated heterocycles. The number of hydrogen-bond acceptors (Lipinski definition) is 6. The molecule has 1 aromatic carbocycles. The molecule has 7 nitrogen and oxygen atoms in total. The van der Waals surface area contributed by atoms with Gasteiger partial charge in [0.2, 0.25) is 0 Å². The minimum absolute atomic E-state index is 0.0337. The second-order valence-electron chi connectivity index (χ2n) is 4.93. The molecule has 0 atom stereocenters. The molecule has 0 aliphatic heterocycles. The fraction of sp³-hybridized carbons (Fsp3) is 0.312. The number of halogens is 1. The molecule has 24 heavy (non-hydrogen) atoms. The highest BCUT2D eigenvalue weighted by molar-refractivity contribution is 6.32. The van der Waals surface area contributed by atoms with Crippen molar-refractivity contribution in [1.82, 2.24) is 9.78 Å². The number of anilines is 1. The Morgan fingerprint density at radius 2 is 2.21 bits per heavy atom. The van der Waals surface area contributed by atoms with E-state index < -0.39 is 5.56 Å². The molecule has 0 unspecified atom stereocenters. The lowest BCUT2D eigenvalue weighted by molar-refractivity contribution is 0.294. The quantitative estimate of drug-likeness (QED) is 0.613. The molecule has 1 aromatic heterocycles. The van der Waals surface area contributed by atoms with Gasteiger partial charge in [0, 0.05) is 7.05 Å². The van der Waals surface area contributed by atoms with Crippen molar-refractivity contribution in [3.05, 3.63) is 45.3 Å². The third-order valence-corrected chi connectivity index (χ3v) is 3.49. The van der Waals surface area contributed by atoms with E-state index in [1.165, 1.54) is 13.2 Å². The molecule has 1 N–H and O–H groups in total. The van der Waals surface area contributed by atoms with Crippen molar-refractivity contribution < 1.29 is 9.47 Å². The Bertz CT molecular complexity index is 789. The lowest BCUT2D eigenvalue weighted by Crippen LogP contribution is -2.20. The van der Waals surface area contributed by atoms with E-state index in [2.05, 4.69) is 15.6 Å². The lowest BCUT2D eigenvalue weighted by Gasteiger charge is -2.10.